The number of hydrogen-bond donors (Lipinski definition) is 2. The lowest BCUT2D eigenvalue weighted by atomic mass is 10.1. The molecule has 0 aliphatic carbocycles. The topological polar surface area (TPSA) is 138 Å². The van der Waals surface area contributed by atoms with Gasteiger partial charge in [0.15, 0.2) is 0 Å². The number of fused-ring (bicyclic) bond motifs is 1. The minimum Gasteiger partial charge on any atom is -0.433 e. The highest BCUT2D eigenvalue weighted by atomic mass is 16.7. The van der Waals surface area contributed by atoms with Crippen LogP contribution >= 0.6 is 0 Å². The summed E-state index contributed by atoms with van der Waals surface area (Å²) in [7, 11) is 0. The molecule has 5 amide bonds. The maximum absolute atomic E-state index is 13.6. The maximum Gasteiger partial charge on any atom is 0.358 e. The second-order valence-corrected chi connectivity index (χ2v) is 9.48. The van der Waals surface area contributed by atoms with E-state index < -0.39 is 42.2 Å². The van der Waals surface area contributed by atoms with Crippen molar-refractivity contribution in [3.05, 3.63) is 71.8 Å². The lowest BCUT2D eigenvalue weighted by Gasteiger charge is -2.43. The van der Waals surface area contributed by atoms with Gasteiger partial charge in [-0.05, 0) is 30.5 Å². The highest BCUT2D eigenvalue weighted by Gasteiger charge is 2.46. The van der Waals surface area contributed by atoms with Gasteiger partial charge in [-0.25, -0.2) is 19.8 Å². The molecule has 0 bridgehead atoms. The monoisotopic (exact) mass is 535 g/mol. The largest absolute Gasteiger partial charge is 0.433 e. The molecule has 3 fully saturated rings. The van der Waals surface area contributed by atoms with E-state index in [9.17, 15) is 24.0 Å². The first-order valence-corrected chi connectivity index (χ1v) is 12.8. The van der Waals surface area contributed by atoms with Gasteiger partial charge in [-0.1, -0.05) is 48.5 Å². The third-order valence-corrected chi connectivity index (χ3v) is 6.79. The number of nitrogens with one attached hydrogen (secondary N) is 2. The van der Waals surface area contributed by atoms with Crippen LogP contribution in [0, 0.1) is 0 Å². The molecule has 204 valence electrons. The zero-order valence-electron chi connectivity index (χ0n) is 21.2. The molecule has 3 saturated heterocycles. The minimum atomic E-state index is -1.03. The molecule has 5 rings (SSSR count). The first kappa shape index (κ1) is 26.2. The standard InChI is InChI=1S/C27H29N5O7/c33-22-13-15-30(29-24(35)19-10-5-2-6-11-19)27(37)32-21(12-7-14-31(22)32)25(36)28-20-16-23(34)39-26(20)38-17-18-8-3-1-4-9-18/h1-6,8-11,20-21,26H,7,12-17H2,(H,28,36)(H,29,35)/t20-,21-,26-/m0/s1. The molecular weight excluding hydrogens is 506 g/mol. The molecule has 0 unspecified atom stereocenters. The maximum atomic E-state index is 13.6. The third kappa shape index (κ3) is 5.85. The Bertz CT molecular complexity index is 1240. The van der Waals surface area contributed by atoms with Gasteiger partial charge in [0.1, 0.15) is 12.1 Å². The van der Waals surface area contributed by atoms with E-state index in [2.05, 4.69) is 10.7 Å². The molecule has 12 nitrogen and oxygen atoms in total. The molecule has 3 aliphatic rings. The van der Waals surface area contributed by atoms with E-state index in [-0.39, 0.29) is 38.4 Å². The van der Waals surface area contributed by atoms with Gasteiger partial charge < -0.3 is 14.8 Å². The fourth-order valence-corrected chi connectivity index (χ4v) is 4.83. The SMILES string of the molecule is O=C1C[C@H](NC(=O)[C@@H]2CCCN3C(=O)CCN(NC(=O)c4ccccc4)C(=O)N23)[C@@H](OCc2ccccc2)O1. The van der Waals surface area contributed by atoms with Crippen LogP contribution in [0.3, 0.4) is 0 Å². The molecule has 12 heteroatoms. The van der Waals surface area contributed by atoms with E-state index in [0.29, 0.717) is 18.4 Å². The van der Waals surface area contributed by atoms with Gasteiger partial charge in [-0.15, -0.1) is 0 Å². The van der Waals surface area contributed by atoms with Crippen LogP contribution < -0.4 is 10.7 Å². The normalized spacial score (nSPS) is 23.1. The van der Waals surface area contributed by atoms with Crippen LogP contribution in [0.4, 0.5) is 4.79 Å². The third-order valence-electron chi connectivity index (χ3n) is 6.79. The van der Waals surface area contributed by atoms with Crippen LogP contribution in [0.15, 0.2) is 60.7 Å². The van der Waals surface area contributed by atoms with Crippen molar-refractivity contribution in [3.63, 3.8) is 0 Å². The number of amides is 5. The van der Waals surface area contributed by atoms with Crippen molar-refractivity contribution in [3.8, 4) is 0 Å². The number of benzene rings is 2. The summed E-state index contributed by atoms with van der Waals surface area (Å²) in [5, 5.41) is 6.23. The number of hydrogen-bond acceptors (Lipinski definition) is 7. The van der Waals surface area contributed by atoms with Crippen molar-refractivity contribution in [2.75, 3.05) is 13.1 Å². The fraction of sp³-hybridized carbons (Fsp3) is 0.370. The van der Waals surface area contributed by atoms with Gasteiger partial charge in [0.2, 0.25) is 18.1 Å². The predicted molar refractivity (Wildman–Crippen MR) is 135 cm³/mol. The Morgan fingerprint density at radius 2 is 1.69 bits per heavy atom. The number of nitrogens with zero attached hydrogens (tertiary/aromatic N) is 3. The number of carbonyl (C=O) groups is 5. The van der Waals surface area contributed by atoms with E-state index >= 15 is 0 Å². The molecule has 0 radical (unpaired) electrons. The molecule has 39 heavy (non-hydrogen) atoms. The molecule has 3 aliphatic heterocycles. The number of ether oxygens (including phenoxy) is 2. The Morgan fingerprint density at radius 1 is 0.974 bits per heavy atom. The number of hydrazine groups is 2. The summed E-state index contributed by atoms with van der Waals surface area (Å²) in [5.74, 6) is -1.91. The summed E-state index contributed by atoms with van der Waals surface area (Å²) in [6.07, 6.45) is -0.319. The molecule has 2 aromatic rings. The van der Waals surface area contributed by atoms with Crippen molar-refractivity contribution < 1.29 is 33.4 Å². The van der Waals surface area contributed by atoms with Crippen LogP contribution in [-0.4, -0.2) is 76.2 Å². The van der Waals surface area contributed by atoms with E-state index in [4.69, 9.17) is 9.47 Å². The van der Waals surface area contributed by atoms with Crippen molar-refractivity contribution in [2.24, 2.45) is 0 Å². The summed E-state index contributed by atoms with van der Waals surface area (Å²) in [6, 6.07) is 15.2. The number of rotatable bonds is 7. The average molecular weight is 536 g/mol. The Labute approximate surface area is 224 Å². The van der Waals surface area contributed by atoms with Gasteiger partial charge in [0.05, 0.1) is 19.6 Å². The first-order valence-electron chi connectivity index (χ1n) is 12.8. The van der Waals surface area contributed by atoms with Gasteiger partial charge in [0.25, 0.3) is 5.91 Å². The zero-order valence-corrected chi connectivity index (χ0v) is 21.2. The molecule has 2 aromatic carbocycles. The first-order chi connectivity index (χ1) is 18.9. The van der Waals surface area contributed by atoms with E-state index in [1.807, 2.05) is 30.3 Å². The zero-order chi connectivity index (χ0) is 27.4. The van der Waals surface area contributed by atoms with Crippen LogP contribution in [0.5, 0.6) is 0 Å². The lowest BCUT2D eigenvalue weighted by Crippen LogP contribution is -2.65. The molecule has 3 heterocycles. The molecular formula is C27H29N5O7. The summed E-state index contributed by atoms with van der Waals surface area (Å²) in [4.78, 5) is 64.7. The molecule has 3 atom stereocenters. The average Bonchev–Trinajstić information content (AvgIpc) is 3.26. The Hall–Kier alpha value is -4.45. The van der Waals surface area contributed by atoms with Crippen molar-refractivity contribution in [1.82, 2.24) is 25.8 Å². The summed E-state index contributed by atoms with van der Waals surface area (Å²) < 4.78 is 11.0. The summed E-state index contributed by atoms with van der Waals surface area (Å²) >= 11 is 0. The number of carbonyl (C=O) groups excluding carboxylic acids is 5. The smallest absolute Gasteiger partial charge is 0.358 e. The fourth-order valence-electron chi connectivity index (χ4n) is 4.83. The number of cyclic esters (lactones) is 1. The van der Waals surface area contributed by atoms with Gasteiger partial charge >= 0.3 is 12.0 Å². The van der Waals surface area contributed by atoms with Crippen molar-refractivity contribution >= 4 is 29.7 Å². The Kier molecular flexibility index (Phi) is 7.73. The molecule has 2 N–H and O–H groups in total. The highest BCUT2D eigenvalue weighted by Crippen LogP contribution is 2.25. The molecule has 0 spiro atoms. The van der Waals surface area contributed by atoms with Crippen molar-refractivity contribution in [2.45, 2.75) is 50.7 Å². The van der Waals surface area contributed by atoms with Gasteiger partial charge in [-0.3, -0.25) is 24.6 Å². The second kappa shape index (κ2) is 11.5. The van der Waals surface area contributed by atoms with E-state index in [1.165, 1.54) is 5.01 Å². The number of esters is 1. The van der Waals surface area contributed by atoms with Crippen LogP contribution in [0.2, 0.25) is 0 Å². The summed E-state index contributed by atoms with van der Waals surface area (Å²) in [6.45, 7) is 0.401. The lowest BCUT2D eigenvalue weighted by molar-refractivity contribution is -0.169. The molecule has 0 aromatic heterocycles. The predicted octanol–water partition coefficient (Wildman–Crippen LogP) is 1.34. The van der Waals surface area contributed by atoms with E-state index in [1.54, 1.807) is 30.3 Å². The van der Waals surface area contributed by atoms with Crippen LogP contribution in [0.25, 0.3) is 0 Å². The van der Waals surface area contributed by atoms with Gasteiger partial charge in [-0.2, -0.15) is 0 Å². The van der Waals surface area contributed by atoms with E-state index in [0.717, 1.165) is 15.6 Å². The Morgan fingerprint density at radius 3 is 2.44 bits per heavy atom. The second-order valence-electron chi connectivity index (χ2n) is 9.48. The van der Waals surface area contributed by atoms with Crippen molar-refractivity contribution in [1.29, 1.82) is 0 Å². The number of urea groups is 1. The minimum absolute atomic E-state index is 0.0218. The van der Waals surface area contributed by atoms with Crippen LogP contribution in [0.1, 0.15) is 41.6 Å². The molecule has 0 saturated carbocycles. The van der Waals surface area contributed by atoms with Gasteiger partial charge in [0, 0.05) is 18.5 Å². The quantitative estimate of drug-likeness (QED) is 0.511. The van der Waals surface area contributed by atoms with Crippen LogP contribution in [-0.2, 0) is 30.5 Å². The summed E-state index contributed by atoms with van der Waals surface area (Å²) in [5.41, 5.74) is 3.78. The Balaban J connectivity index is 1.29. The highest BCUT2D eigenvalue weighted by molar-refractivity contribution is 5.96.